The summed E-state index contributed by atoms with van der Waals surface area (Å²) in [5.41, 5.74) is 7.23. The standard InChI is InChI=1S/C23H28N2O3/c24-22(26)13-14-25(17-18-7-2-1-3-8-18)23(27)16-19-9-6-12-21(15-19)28-20-10-4-5-11-20/h1-3,6-9,12,15,20H,4-5,10-11,13-14,16-17H2,(H2,24,26). The quantitative estimate of drug-likeness (QED) is 0.724. The van der Waals surface area contributed by atoms with Crippen LogP contribution in [-0.2, 0) is 22.6 Å². The number of benzene rings is 2. The fraction of sp³-hybridized carbons (Fsp3) is 0.391. The number of primary amides is 1. The highest BCUT2D eigenvalue weighted by Gasteiger charge is 2.18. The Kier molecular flexibility index (Phi) is 7.06. The van der Waals surface area contributed by atoms with E-state index in [0.717, 1.165) is 29.7 Å². The van der Waals surface area contributed by atoms with E-state index >= 15 is 0 Å². The number of nitrogens with zero attached hydrogens (tertiary/aromatic N) is 1. The van der Waals surface area contributed by atoms with Crippen LogP contribution >= 0.6 is 0 Å². The van der Waals surface area contributed by atoms with Gasteiger partial charge in [0.05, 0.1) is 12.5 Å². The third kappa shape index (κ3) is 6.12. The van der Waals surface area contributed by atoms with Gasteiger partial charge in [0.1, 0.15) is 5.75 Å². The zero-order valence-electron chi connectivity index (χ0n) is 16.2. The Morgan fingerprint density at radius 2 is 1.71 bits per heavy atom. The molecule has 1 aliphatic rings. The van der Waals surface area contributed by atoms with Crippen LogP contribution in [0.4, 0.5) is 0 Å². The molecule has 1 fully saturated rings. The van der Waals surface area contributed by atoms with Crippen molar-refractivity contribution in [3.8, 4) is 5.75 Å². The minimum absolute atomic E-state index is 0.0249. The van der Waals surface area contributed by atoms with Gasteiger partial charge < -0.3 is 15.4 Å². The van der Waals surface area contributed by atoms with Crippen LogP contribution in [0.3, 0.4) is 0 Å². The van der Waals surface area contributed by atoms with E-state index in [9.17, 15) is 9.59 Å². The second kappa shape index (κ2) is 9.93. The van der Waals surface area contributed by atoms with E-state index in [1.807, 2.05) is 54.6 Å². The Bertz CT molecular complexity index is 785. The SMILES string of the molecule is NC(=O)CCN(Cc1ccccc1)C(=O)Cc1cccc(OC2CCCC2)c1. The zero-order chi connectivity index (χ0) is 19.8. The molecule has 2 amide bonds. The molecule has 1 aliphatic carbocycles. The van der Waals surface area contributed by atoms with E-state index < -0.39 is 5.91 Å². The molecule has 3 rings (SSSR count). The molecule has 0 spiro atoms. The third-order valence-electron chi connectivity index (χ3n) is 5.06. The predicted octanol–water partition coefficient (Wildman–Crippen LogP) is 3.45. The topological polar surface area (TPSA) is 72.6 Å². The Labute approximate surface area is 166 Å². The molecule has 2 N–H and O–H groups in total. The van der Waals surface area contributed by atoms with Crippen LogP contribution in [0.25, 0.3) is 0 Å². The second-order valence-corrected chi connectivity index (χ2v) is 7.37. The molecule has 0 saturated heterocycles. The third-order valence-corrected chi connectivity index (χ3v) is 5.06. The molecule has 0 radical (unpaired) electrons. The highest BCUT2D eigenvalue weighted by atomic mass is 16.5. The van der Waals surface area contributed by atoms with Crippen LogP contribution in [0.5, 0.6) is 5.75 Å². The Morgan fingerprint density at radius 3 is 2.43 bits per heavy atom. The monoisotopic (exact) mass is 380 g/mol. The van der Waals surface area contributed by atoms with Gasteiger partial charge in [0.2, 0.25) is 11.8 Å². The van der Waals surface area contributed by atoms with Crippen LogP contribution in [0, 0.1) is 0 Å². The van der Waals surface area contributed by atoms with E-state index in [-0.39, 0.29) is 24.9 Å². The average molecular weight is 380 g/mol. The lowest BCUT2D eigenvalue weighted by atomic mass is 10.1. The first-order chi connectivity index (χ1) is 13.6. The molecule has 1 saturated carbocycles. The molecule has 0 bridgehead atoms. The summed E-state index contributed by atoms with van der Waals surface area (Å²) in [5, 5.41) is 0. The molecule has 2 aromatic rings. The van der Waals surface area contributed by atoms with Gasteiger partial charge in [-0.1, -0.05) is 42.5 Å². The van der Waals surface area contributed by atoms with Gasteiger partial charge in [-0.25, -0.2) is 0 Å². The number of amides is 2. The maximum absolute atomic E-state index is 12.9. The van der Waals surface area contributed by atoms with Gasteiger partial charge >= 0.3 is 0 Å². The zero-order valence-corrected chi connectivity index (χ0v) is 16.2. The molecule has 148 valence electrons. The molecule has 0 aromatic heterocycles. The smallest absolute Gasteiger partial charge is 0.227 e. The summed E-state index contributed by atoms with van der Waals surface area (Å²) in [6.45, 7) is 0.784. The van der Waals surface area contributed by atoms with Crippen molar-refractivity contribution >= 4 is 11.8 Å². The summed E-state index contributed by atoms with van der Waals surface area (Å²) >= 11 is 0. The normalized spacial score (nSPS) is 14.0. The molecule has 0 heterocycles. The van der Waals surface area contributed by atoms with Crippen LogP contribution in [0.2, 0.25) is 0 Å². The highest BCUT2D eigenvalue weighted by Crippen LogP contribution is 2.25. The highest BCUT2D eigenvalue weighted by molar-refractivity contribution is 5.80. The predicted molar refractivity (Wildman–Crippen MR) is 109 cm³/mol. The van der Waals surface area contributed by atoms with Gasteiger partial charge in [0, 0.05) is 19.5 Å². The van der Waals surface area contributed by atoms with Crippen molar-refractivity contribution in [1.29, 1.82) is 0 Å². The Balaban J connectivity index is 1.65. The van der Waals surface area contributed by atoms with Gasteiger partial charge in [0.15, 0.2) is 0 Å². The molecule has 5 heteroatoms. The van der Waals surface area contributed by atoms with Crippen molar-refractivity contribution in [3.05, 3.63) is 65.7 Å². The van der Waals surface area contributed by atoms with Crippen LogP contribution in [0.15, 0.2) is 54.6 Å². The fourth-order valence-corrected chi connectivity index (χ4v) is 3.55. The lowest BCUT2D eigenvalue weighted by Crippen LogP contribution is -2.34. The van der Waals surface area contributed by atoms with Crippen LogP contribution in [0.1, 0.15) is 43.2 Å². The Hall–Kier alpha value is -2.82. The van der Waals surface area contributed by atoms with Gasteiger partial charge in [-0.15, -0.1) is 0 Å². The van der Waals surface area contributed by atoms with E-state index in [0.29, 0.717) is 13.1 Å². The minimum atomic E-state index is -0.405. The summed E-state index contributed by atoms with van der Waals surface area (Å²) in [4.78, 5) is 25.8. The van der Waals surface area contributed by atoms with Crippen LogP contribution in [-0.4, -0.2) is 29.4 Å². The largest absolute Gasteiger partial charge is 0.490 e. The molecule has 0 aliphatic heterocycles. The molecule has 28 heavy (non-hydrogen) atoms. The summed E-state index contributed by atoms with van der Waals surface area (Å²) in [6.07, 6.45) is 5.35. The Morgan fingerprint density at radius 1 is 1.00 bits per heavy atom. The molecule has 0 unspecified atom stereocenters. The first-order valence-electron chi connectivity index (χ1n) is 9.96. The molecular formula is C23H28N2O3. The lowest BCUT2D eigenvalue weighted by molar-refractivity contribution is -0.131. The molecular weight excluding hydrogens is 352 g/mol. The average Bonchev–Trinajstić information content (AvgIpc) is 3.19. The number of rotatable bonds is 9. The molecule has 2 aromatic carbocycles. The summed E-state index contributed by atoms with van der Waals surface area (Å²) in [6, 6.07) is 17.5. The molecule has 0 atom stereocenters. The number of hydrogen-bond donors (Lipinski definition) is 1. The van der Waals surface area contributed by atoms with Crippen molar-refractivity contribution in [2.75, 3.05) is 6.54 Å². The maximum atomic E-state index is 12.9. The van der Waals surface area contributed by atoms with Crippen molar-refractivity contribution < 1.29 is 14.3 Å². The van der Waals surface area contributed by atoms with Gasteiger partial charge in [-0.2, -0.15) is 0 Å². The summed E-state index contributed by atoms with van der Waals surface area (Å²) < 4.78 is 6.05. The number of carbonyl (C=O) groups is 2. The van der Waals surface area contributed by atoms with E-state index in [4.69, 9.17) is 10.5 Å². The van der Waals surface area contributed by atoms with Crippen LogP contribution < -0.4 is 10.5 Å². The number of ether oxygens (including phenoxy) is 1. The van der Waals surface area contributed by atoms with E-state index in [1.165, 1.54) is 12.8 Å². The van der Waals surface area contributed by atoms with Crippen molar-refractivity contribution in [3.63, 3.8) is 0 Å². The fourth-order valence-electron chi connectivity index (χ4n) is 3.55. The van der Waals surface area contributed by atoms with Crippen molar-refractivity contribution in [2.45, 2.75) is 51.2 Å². The maximum Gasteiger partial charge on any atom is 0.227 e. The first kappa shape index (κ1) is 19.9. The number of nitrogens with two attached hydrogens (primary N) is 1. The van der Waals surface area contributed by atoms with Gasteiger partial charge in [0.25, 0.3) is 0 Å². The van der Waals surface area contributed by atoms with Crippen molar-refractivity contribution in [1.82, 2.24) is 4.90 Å². The van der Waals surface area contributed by atoms with Gasteiger partial charge in [-0.05, 0) is 48.9 Å². The first-order valence-corrected chi connectivity index (χ1v) is 9.96. The molecule has 5 nitrogen and oxygen atoms in total. The lowest BCUT2D eigenvalue weighted by Gasteiger charge is -2.23. The second-order valence-electron chi connectivity index (χ2n) is 7.37. The number of carbonyl (C=O) groups excluding carboxylic acids is 2. The summed E-state index contributed by atoms with van der Waals surface area (Å²) in [7, 11) is 0. The minimum Gasteiger partial charge on any atom is -0.490 e. The summed E-state index contributed by atoms with van der Waals surface area (Å²) in [5.74, 6) is 0.393. The van der Waals surface area contributed by atoms with Gasteiger partial charge in [-0.3, -0.25) is 9.59 Å². The van der Waals surface area contributed by atoms with E-state index in [2.05, 4.69) is 0 Å². The number of hydrogen-bond acceptors (Lipinski definition) is 3. The van der Waals surface area contributed by atoms with Crippen molar-refractivity contribution in [2.24, 2.45) is 5.73 Å². The van der Waals surface area contributed by atoms with E-state index in [1.54, 1.807) is 4.90 Å².